The molecular weight excluding hydrogens is 182 g/mol. The van der Waals surface area contributed by atoms with Crippen LogP contribution < -0.4 is 0 Å². The summed E-state index contributed by atoms with van der Waals surface area (Å²) in [5.74, 6) is 0.943. The minimum absolute atomic E-state index is 0.943. The third-order valence-corrected chi connectivity index (χ3v) is 3.06. The van der Waals surface area contributed by atoms with Crippen molar-refractivity contribution in [2.24, 2.45) is 5.92 Å². The van der Waals surface area contributed by atoms with Gasteiger partial charge in [0, 0.05) is 6.54 Å². The summed E-state index contributed by atoms with van der Waals surface area (Å²) in [6, 6.07) is 0. The molecule has 0 atom stereocenters. The summed E-state index contributed by atoms with van der Waals surface area (Å²) in [6.45, 7) is 5.86. The third kappa shape index (κ3) is 10.2. The predicted molar refractivity (Wildman–Crippen MR) is 70.3 cm³/mol. The van der Waals surface area contributed by atoms with Gasteiger partial charge in [0.05, 0.1) is 0 Å². The number of rotatable bonds is 10. The normalized spacial score (nSPS) is 11.6. The Morgan fingerprint density at radius 3 is 1.60 bits per heavy atom. The lowest BCUT2D eigenvalue weighted by molar-refractivity contribution is 0.287. The first-order valence-corrected chi connectivity index (χ1v) is 6.85. The first-order valence-electron chi connectivity index (χ1n) is 6.85. The van der Waals surface area contributed by atoms with Crippen LogP contribution in [0.1, 0.15) is 65.2 Å². The molecule has 0 rings (SSSR count). The van der Waals surface area contributed by atoms with Gasteiger partial charge < -0.3 is 4.90 Å². The molecule has 0 aliphatic heterocycles. The maximum absolute atomic E-state index is 2.35. The van der Waals surface area contributed by atoms with E-state index in [9.17, 15) is 0 Å². The van der Waals surface area contributed by atoms with Gasteiger partial charge in [0.1, 0.15) is 0 Å². The molecule has 0 aliphatic rings. The van der Waals surface area contributed by atoms with Gasteiger partial charge in [0.2, 0.25) is 0 Å². The highest BCUT2D eigenvalue weighted by molar-refractivity contribution is 4.63. The highest BCUT2D eigenvalue weighted by Gasteiger charge is 2.08. The molecule has 0 spiro atoms. The van der Waals surface area contributed by atoms with E-state index in [0.29, 0.717) is 0 Å². The molecule has 0 fully saturated rings. The Bertz CT molecular complexity index is 111. The van der Waals surface area contributed by atoms with Gasteiger partial charge in [-0.1, -0.05) is 52.4 Å². The Morgan fingerprint density at radius 1 is 0.800 bits per heavy atom. The molecular formula is C14H31N. The van der Waals surface area contributed by atoms with Crippen molar-refractivity contribution in [1.82, 2.24) is 4.90 Å². The predicted octanol–water partition coefficient (Wildman–Crippen LogP) is 4.32. The average molecular weight is 213 g/mol. The number of hydrogen-bond donors (Lipinski definition) is 0. The lowest BCUT2D eigenvalue weighted by Crippen LogP contribution is -2.21. The van der Waals surface area contributed by atoms with E-state index in [4.69, 9.17) is 0 Å². The molecule has 92 valence electrons. The molecule has 0 aromatic carbocycles. The Hall–Kier alpha value is -0.0400. The van der Waals surface area contributed by atoms with E-state index < -0.39 is 0 Å². The van der Waals surface area contributed by atoms with E-state index in [1.807, 2.05) is 0 Å². The van der Waals surface area contributed by atoms with Gasteiger partial charge in [-0.15, -0.1) is 0 Å². The summed E-state index contributed by atoms with van der Waals surface area (Å²) in [7, 11) is 4.40. The summed E-state index contributed by atoms with van der Waals surface area (Å²) in [4.78, 5) is 2.35. The SMILES string of the molecule is CCCCCC(CCCCC)CN(C)C. The molecule has 0 N–H and O–H groups in total. The van der Waals surface area contributed by atoms with Crippen molar-refractivity contribution >= 4 is 0 Å². The molecule has 0 heterocycles. The number of nitrogens with zero attached hydrogens (tertiary/aromatic N) is 1. The Kier molecular flexibility index (Phi) is 10.4. The van der Waals surface area contributed by atoms with Crippen LogP contribution in [-0.2, 0) is 0 Å². The number of hydrogen-bond acceptors (Lipinski definition) is 1. The van der Waals surface area contributed by atoms with Crippen LogP contribution in [0.25, 0.3) is 0 Å². The smallest absolute Gasteiger partial charge is 0.000356 e. The highest BCUT2D eigenvalue weighted by Crippen LogP contribution is 2.18. The zero-order valence-corrected chi connectivity index (χ0v) is 11.4. The fourth-order valence-corrected chi connectivity index (χ4v) is 2.21. The monoisotopic (exact) mass is 213 g/mol. The lowest BCUT2D eigenvalue weighted by Gasteiger charge is -2.20. The number of unbranched alkanes of at least 4 members (excludes halogenated alkanes) is 4. The Morgan fingerprint density at radius 2 is 1.27 bits per heavy atom. The molecule has 0 bridgehead atoms. The maximum atomic E-state index is 2.35. The largest absolute Gasteiger partial charge is 0.309 e. The molecule has 1 heteroatoms. The van der Waals surface area contributed by atoms with Crippen LogP contribution >= 0.6 is 0 Å². The first-order chi connectivity index (χ1) is 7.20. The van der Waals surface area contributed by atoms with Crippen LogP contribution in [0, 0.1) is 5.92 Å². The second-order valence-corrected chi connectivity index (χ2v) is 5.12. The molecule has 0 amide bonds. The topological polar surface area (TPSA) is 3.24 Å². The molecule has 0 aromatic rings. The lowest BCUT2D eigenvalue weighted by atomic mass is 9.94. The van der Waals surface area contributed by atoms with Gasteiger partial charge in [0.15, 0.2) is 0 Å². The van der Waals surface area contributed by atoms with E-state index >= 15 is 0 Å². The van der Waals surface area contributed by atoms with Crippen LogP contribution in [0.15, 0.2) is 0 Å². The fourth-order valence-electron chi connectivity index (χ4n) is 2.21. The third-order valence-electron chi connectivity index (χ3n) is 3.06. The van der Waals surface area contributed by atoms with Gasteiger partial charge in [-0.05, 0) is 32.9 Å². The van der Waals surface area contributed by atoms with Gasteiger partial charge >= 0.3 is 0 Å². The molecule has 0 radical (unpaired) electrons. The summed E-state index contributed by atoms with van der Waals surface area (Å²) < 4.78 is 0. The van der Waals surface area contributed by atoms with Crippen molar-refractivity contribution in [1.29, 1.82) is 0 Å². The maximum Gasteiger partial charge on any atom is 0.000356 e. The fraction of sp³-hybridized carbons (Fsp3) is 1.00. The van der Waals surface area contributed by atoms with Crippen molar-refractivity contribution in [2.45, 2.75) is 65.2 Å². The quantitative estimate of drug-likeness (QED) is 0.488. The minimum Gasteiger partial charge on any atom is -0.309 e. The van der Waals surface area contributed by atoms with Crippen molar-refractivity contribution in [3.8, 4) is 0 Å². The molecule has 0 aliphatic carbocycles. The molecule has 0 aromatic heterocycles. The van der Waals surface area contributed by atoms with E-state index in [-0.39, 0.29) is 0 Å². The summed E-state index contributed by atoms with van der Waals surface area (Å²) in [5.41, 5.74) is 0. The van der Waals surface area contributed by atoms with Crippen molar-refractivity contribution in [3.05, 3.63) is 0 Å². The first kappa shape index (κ1) is 15.0. The van der Waals surface area contributed by atoms with E-state index in [2.05, 4.69) is 32.8 Å². The van der Waals surface area contributed by atoms with Crippen LogP contribution in [0.5, 0.6) is 0 Å². The van der Waals surface area contributed by atoms with Gasteiger partial charge in [-0.2, -0.15) is 0 Å². The van der Waals surface area contributed by atoms with Crippen molar-refractivity contribution in [3.63, 3.8) is 0 Å². The second kappa shape index (κ2) is 10.5. The molecule has 0 saturated heterocycles. The van der Waals surface area contributed by atoms with E-state index in [1.54, 1.807) is 0 Å². The van der Waals surface area contributed by atoms with Crippen LogP contribution in [0.2, 0.25) is 0 Å². The Balaban J connectivity index is 3.63. The van der Waals surface area contributed by atoms with Gasteiger partial charge in [-0.25, -0.2) is 0 Å². The van der Waals surface area contributed by atoms with Crippen LogP contribution in [0.4, 0.5) is 0 Å². The summed E-state index contributed by atoms with van der Waals surface area (Å²) in [6.07, 6.45) is 11.3. The van der Waals surface area contributed by atoms with Crippen molar-refractivity contribution in [2.75, 3.05) is 20.6 Å². The zero-order valence-electron chi connectivity index (χ0n) is 11.4. The van der Waals surface area contributed by atoms with Crippen LogP contribution in [0.3, 0.4) is 0 Å². The molecule has 15 heavy (non-hydrogen) atoms. The van der Waals surface area contributed by atoms with Gasteiger partial charge in [0.25, 0.3) is 0 Å². The van der Waals surface area contributed by atoms with E-state index in [0.717, 1.165) is 5.92 Å². The zero-order chi connectivity index (χ0) is 11.5. The highest BCUT2D eigenvalue weighted by atomic mass is 15.1. The molecule has 0 saturated carbocycles. The molecule has 0 unspecified atom stereocenters. The van der Waals surface area contributed by atoms with Crippen LogP contribution in [-0.4, -0.2) is 25.5 Å². The average Bonchev–Trinajstić information content (AvgIpc) is 2.17. The Labute approximate surface area is 97.2 Å². The van der Waals surface area contributed by atoms with Crippen molar-refractivity contribution < 1.29 is 0 Å². The minimum atomic E-state index is 0.943. The summed E-state index contributed by atoms with van der Waals surface area (Å²) >= 11 is 0. The summed E-state index contributed by atoms with van der Waals surface area (Å²) in [5, 5.41) is 0. The van der Waals surface area contributed by atoms with E-state index in [1.165, 1.54) is 57.9 Å². The molecule has 1 nitrogen and oxygen atoms in total. The van der Waals surface area contributed by atoms with Gasteiger partial charge in [-0.3, -0.25) is 0 Å². The second-order valence-electron chi connectivity index (χ2n) is 5.12. The standard InChI is InChI=1S/C14H31N/c1-5-7-9-11-14(13-15(3)4)12-10-8-6-2/h14H,5-13H2,1-4H3.